The Balaban J connectivity index is 1.10. The summed E-state index contributed by atoms with van der Waals surface area (Å²) in [7, 11) is 0. The molecule has 5 nitrogen and oxygen atoms in total. The first-order valence-electron chi connectivity index (χ1n) is 18.0. The van der Waals surface area contributed by atoms with E-state index < -0.39 is 0 Å². The Labute approximate surface area is 317 Å². The Hall–Kier alpha value is -6.54. The van der Waals surface area contributed by atoms with Crippen LogP contribution < -0.4 is 0 Å². The van der Waals surface area contributed by atoms with E-state index in [0.717, 1.165) is 33.0 Å². The first-order chi connectivity index (χ1) is 26.8. The van der Waals surface area contributed by atoms with E-state index >= 15 is 0 Å². The van der Waals surface area contributed by atoms with E-state index in [9.17, 15) is 0 Å². The molecular weight excluding hydrogens is 699 g/mol. The Morgan fingerprint density at radius 3 is 2.00 bits per heavy atom. The van der Waals surface area contributed by atoms with Gasteiger partial charge >= 0.3 is 0 Å². The molecule has 0 saturated carbocycles. The van der Waals surface area contributed by atoms with Crippen LogP contribution in [-0.4, -0.2) is 24.1 Å². The molecule has 0 aliphatic carbocycles. The van der Waals surface area contributed by atoms with Gasteiger partial charge in [0.2, 0.25) is 0 Å². The first-order valence-corrected chi connectivity index (χ1v) is 19.6. The second kappa shape index (κ2) is 11.5. The summed E-state index contributed by atoms with van der Waals surface area (Å²) in [6, 6.07) is 58.1. The van der Waals surface area contributed by atoms with Crippen LogP contribution in [0.3, 0.4) is 0 Å². The molecule has 0 radical (unpaired) electrons. The number of fused-ring (bicyclic) bond motifs is 10. The zero-order chi connectivity index (χ0) is 35.3. The van der Waals surface area contributed by atoms with Crippen molar-refractivity contribution in [2.45, 2.75) is 9.79 Å². The minimum absolute atomic E-state index is 0.652. The van der Waals surface area contributed by atoms with Crippen LogP contribution in [-0.2, 0) is 0 Å². The van der Waals surface area contributed by atoms with Crippen molar-refractivity contribution in [2.75, 3.05) is 0 Å². The fourth-order valence-electron chi connectivity index (χ4n) is 8.26. The fourth-order valence-corrected chi connectivity index (χ4v) is 10.5. The number of benzene rings is 7. The molecule has 12 rings (SSSR count). The maximum Gasteiger partial charge on any atom is 0.164 e. The zero-order valence-electron chi connectivity index (χ0n) is 28.6. The maximum absolute atomic E-state index is 5.25. The third kappa shape index (κ3) is 4.31. The SMILES string of the molecule is c1ccc(-c2nc(-c3ccc4c(c3)Sc3cccc5c6c7ccccc7n(-c7ccccc7)c6n-4c35)nc(-c3cccc4sc5ccccc5c34)n2)cc1. The molecule has 0 unspecified atom stereocenters. The Bertz CT molecular complexity index is 3300. The summed E-state index contributed by atoms with van der Waals surface area (Å²) in [5.41, 5.74) is 8.81. The Morgan fingerprint density at radius 2 is 1.13 bits per heavy atom. The zero-order valence-corrected chi connectivity index (χ0v) is 30.3. The largest absolute Gasteiger partial charge is 0.295 e. The normalized spacial score (nSPS) is 12.4. The average Bonchev–Trinajstić information content (AvgIpc) is 3.90. The third-order valence-electron chi connectivity index (χ3n) is 10.6. The van der Waals surface area contributed by atoms with Gasteiger partial charge in [0, 0.05) is 68.5 Å². The molecular formula is C47H27N5S2. The van der Waals surface area contributed by atoms with Gasteiger partial charge in [0.15, 0.2) is 17.5 Å². The second-order valence-electron chi connectivity index (χ2n) is 13.6. The van der Waals surface area contributed by atoms with E-state index in [2.05, 4.69) is 155 Å². The van der Waals surface area contributed by atoms with Crippen LogP contribution in [0.1, 0.15) is 0 Å². The number of hydrogen-bond acceptors (Lipinski definition) is 5. The van der Waals surface area contributed by atoms with Crippen molar-refractivity contribution >= 4 is 76.1 Å². The van der Waals surface area contributed by atoms with Crippen LogP contribution in [0.4, 0.5) is 0 Å². The molecule has 54 heavy (non-hydrogen) atoms. The topological polar surface area (TPSA) is 48.5 Å². The van der Waals surface area contributed by atoms with Crippen LogP contribution >= 0.6 is 23.1 Å². The number of aromatic nitrogens is 5. The molecule has 7 aromatic carbocycles. The number of rotatable bonds is 4. The van der Waals surface area contributed by atoms with Crippen molar-refractivity contribution in [3.8, 4) is 45.5 Å². The predicted molar refractivity (Wildman–Crippen MR) is 224 cm³/mol. The molecule has 0 saturated heterocycles. The van der Waals surface area contributed by atoms with Gasteiger partial charge in [-0.1, -0.05) is 121 Å². The van der Waals surface area contributed by atoms with Gasteiger partial charge < -0.3 is 0 Å². The molecule has 11 aromatic rings. The molecule has 7 heteroatoms. The quantitative estimate of drug-likeness (QED) is 0.181. The van der Waals surface area contributed by atoms with Crippen LogP contribution in [0.2, 0.25) is 0 Å². The summed E-state index contributed by atoms with van der Waals surface area (Å²) >= 11 is 3.62. The lowest BCUT2D eigenvalue weighted by molar-refractivity contribution is 1.02. The monoisotopic (exact) mass is 725 g/mol. The van der Waals surface area contributed by atoms with Crippen molar-refractivity contribution in [1.82, 2.24) is 24.1 Å². The molecule has 0 N–H and O–H groups in total. The summed E-state index contributed by atoms with van der Waals surface area (Å²) < 4.78 is 7.36. The average molecular weight is 726 g/mol. The van der Waals surface area contributed by atoms with Crippen molar-refractivity contribution in [3.63, 3.8) is 0 Å². The van der Waals surface area contributed by atoms with Crippen molar-refractivity contribution in [1.29, 1.82) is 0 Å². The molecule has 4 aromatic heterocycles. The predicted octanol–water partition coefficient (Wildman–Crippen LogP) is 12.7. The standard InChI is InChI=1S/C47H27N5S2/c1-3-13-28(14-4-1)44-48-45(50-46(49-44)34-20-12-23-38-41(34)32-18-8-10-22-37(32)53-38)29-25-26-36-40(27-29)54-39-24-11-19-33-42-31-17-7-9-21-35(31)51(30-15-5-2-6-16-30)47(42)52(36)43(33)39/h1-27H. The van der Waals surface area contributed by atoms with Gasteiger partial charge in [-0.15, -0.1) is 11.3 Å². The van der Waals surface area contributed by atoms with E-state index in [1.54, 1.807) is 11.3 Å². The molecule has 0 amide bonds. The van der Waals surface area contributed by atoms with Gasteiger partial charge in [0.05, 0.1) is 16.7 Å². The molecule has 0 atom stereocenters. The van der Waals surface area contributed by atoms with E-state index in [-0.39, 0.29) is 0 Å². The minimum Gasteiger partial charge on any atom is -0.295 e. The highest BCUT2D eigenvalue weighted by Crippen LogP contribution is 2.50. The molecule has 1 aliphatic rings. The van der Waals surface area contributed by atoms with Gasteiger partial charge in [-0.3, -0.25) is 9.13 Å². The van der Waals surface area contributed by atoms with Gasteiger partial charge in [0.1, 0.15) is 5.65 Å². The highest BCUT2D eigenvalue weighted by Gasteiger charge is 2.28. The van der Waals surface area contributed by atoms with Gasteiger partial charge in [-0.2, -0.15) is 0 Å². The number of thiophene rings is 1. The molecule has 5 heterocycles. The maximum atomic E-state index is 5.25. The summed E-state index contributed by atoms with van der Waals surface area (Å²) in [5, 5.41) is 6.19. The summed E-state index contributed by atoms with van der Waals surface area (Å²) in [6.45, 7) is 0. The molecule has 0 bridgehead atoms. The van der Waals surface area contributed by atoms with E-state index in [0.29, 0.717) is 17.5 Å². The van der Waals surface area contributed by atoms with Crippen LogP contribution in [0.15, 0.2) is 174 Å². The number of para-hydroxylation sites is 3. The lowest BCUT2D eigenvalue weighted by Crippen LogP contribution is -2.06. The van der Waals surface area contributed by atoms with Crippen molar-refractivity contribution in [2.24, 2.45) is 0 Å². The molecule has 252 valence electrons. The van der Waals surface area contributed by atoms with Gasteiger partial charge in [0.25, 0.3) is 0 Å². The Kier molecular flexibility index (Phi) is 6.37. The lowest BCUT2D eigenvalue weighted by atomic mass is 10.1. The van der Waals surface area contributed by atoms with Crippen LogP contribution in [0.25, 0.3) is 98.5 Å². The summed E-state index contributed by atoms with van der Waals surface area (Å²) in [5.74, 6) is 1.98. The van der Waals surface area contributed by atoms with E-state index in [1.165, 1.54) is 57.9 Å². The Morgan fingerprint density at radius 1 is 0.444 bits per heavy atom. The number of hydrogen-bond donors (Lipinski definition) is 0. The fraction of sp³-hybridized carbons (Fsp3) is 0. The van der Waals surface area contributed by atoms with Crippen LogP contribution in [0.5, 0.6) is 0 Å². The highest BCUT2D eigenvalue weighted by atomic mass is 32.2. The van der Waals surface area contributed by atoms with Gasteiger partial charge in [-0.05, 0) is 54.6 Å². The second-order valence-corrected chi connectivity index (χ2v) is 15.8. The van der Waals surface area contributed by atoms with E-state index in [1.807, 2.05) is 30.0 Å². The molecule has 0 spiro atoms. The first kappa shape index (κ1) is 30.0. The van der Waals surface area contributed by atoms with Crippen molar-refractivity contribution < 1.29 is 0 Å². The summed E-state index contributed by atoms with van der Waals surface area (Å²) in [4.78, 5) is 17.9. The third-order valence-corrected chi connectivity index (χ3v) is 12.8. The lowest BCUT2D eigenvalue weighted by Gasteiger charge is -2.22. The number of nitrogens with zero attached hydrogens (tertiary/aromatic N) is 5. The van der Waals surface area contributed by atoms with Gasteiger partial charge in [-0.25, -0.2) is 15.0 Å². The smallest absolute Gasteiger partial charge is 0.164 e. The highest BCUT2D eigenvalue weighted by molar-refractivity contribution is 7.99. The molecule has 1 aliphatic heterocycles. The summed E-state index contributed by atoms with van der Waals surface area (Å²) in [6.07, 6.45) is 0. The minimum atomic E-state index is 0.652. The van der Waals surface area contributed by atoms with E-state index in [4.69, 9.17) is 15.0 Å². The van der Waals surface area contributed by atoms with Crippen LogP contribution in [0, 0.1) is 0 Å². The molecule has 0 fully saturated rings. The van der Waals surface area contributed by atoms with Crippen molar-refractivity contribution in [3.05, 3.63) is 164 Å².